The van der Waals surface area contributed by atoms with E-state index in [9.17, 15) is 14.0 Å². The number of piperazine rings is 1. The Morgan fingerprint density at radius 1 is 0.971 bits per heavy atom. The maximum atomic E-state index is 13.7. The normalized spacial score (nSPS) is 14.1. The molecular formula is C24H19FN8O2. The van der Waals surface area contributed by atoms with E-state index in [1.165, 1.54) is 23.1 Å². The summed E-state index contributed by atoms with van der Waals surface area (Å²) in [6.07, 6.45) is 3.00. The highest BCUT2D eigenvalue weighted by molar-refractivity contribution is 6.44. The van der Waals surface area contributed by atoms with E-state index in [1.807, 2.05) is 29.2 Å². The summed E-state index contributed by atoms with van der Waals surface area (Å²) in [5, 5.41) is 9.10. The third-order valence-electron chi connectivity index (χ3n) is 6.17. The van der Waals surface area contributed by atoms with Gasteiger partial charge in [0.15, 0.2) is 17.0 Å². The van der Waals surface area contributed by atoms with Crippen molar-refractivity contribution in [3.05, 3.63) is 72.4 Å². The Morgan fingerprint density at radius 3 is 2.63 bits per heavy atom. The zero-order valence-corrected chi connectivity index (χ0v) is 18.4. The summed E-state index contributed by atoms with van der Waals surface area (Å²) in [4.78, 5) is 41.1. The number of anilines is 1. The van der Waals surface area contributed by atoms with Crippen LogP contribution in [-0.4, -0.2) is 72.7 Å². The monoisotopic (exact) mass is 470 g/mol. The Bertz CT molecular complexity index is 1590. The molecule has 0 aliphatic carbocycles. The number of carbonyl (C=O) groups is 2. The number of H-pyrrole nitrogens is 1. The zero-order valence-electron chi connectivity index (χ0n) is 18.4. The number of fused-ring (bicyclic) bond motifs is 2. The maximum Gasteiger partial charge on any atom is 0.295 e. The Labute approximate surface area is 198 Å². The molecule has 0 unspecified atom stereocenters. The number of nitrogens with zero attached hydrogens (tertiary/aromatic N) is 7. The third-order valence-corrected chi connectivity index (χ3v) is 6.17. The summed E-state index contributed by atoms with van der Waals surface area (Å²) in [7, 11) is 0. The van der Waals surface area contributed by atoms with Gasteiger partial charge in [-0.3, -0.25) is 9.59 Å². The second-order valence-corrected chi connectivity index (χ2v) is 8.21. The van der Waals surface area contributed by atoms with Crippen LogP contribution < -0.4 is 4.90 Å². The molecule has 4 heterocycles. The number of hydrogen-bond donors (Lipinski definition) is 1. The molecule has 10 nitrogen and oxygen atoms in total. The number of aromatic amines is 1. The second-order valence-electron chi connectivity index (χ2n) is 8.21. The Balaban J connectivity index is 1.20. The van der Waals surface area contributed by atoms with Crippen molar-refractivity contribution in [1.82, 2.24) is 34.8 Å². The van der Waals surface area contributed by atoms with Crippen LogP contribution in [0.5, 0.6) is 0 Å². The summed E-state index contributed by atoms with van der Waals surface area (Å²) >= 11 is 0. The lowest BCUT2D eigenvalue weighted by molar-refractivity contribution is -0.126. The number of nitrogens with one attached hydrogen (secondary N) is 1. The van der Waals surface area contributed by atoms with Gasteiger partial charge in [0.25, 0.3) is 11.7 Å². The van der Waals surface area contributed by atoms with E-state index in [0.29, 0.717) is 54.4 Å². The molecule has 0 spiro atoms. The number of benzene rings is 2. The van der Waals surface area contributed by atoms with Crippen LogP contribution in [0.3, 0.4) is 0 Å². The molecule has 2 aromatic carbocycles. The van der Waals surface area contributed by atoms with Gasteiger partial charge in [-0.25, -0.2) is 14.4 Å². The van der Waals surface area contributed by atoms with E-state index in [0.717, 1.165) is 10.9 Å². The van der Waals surface area contributed by atoms with Gasteiger partial charge in [-0.1, -0.05) is 29.5 Å². The smallest absolute Gasteiger partial charge is 0.295 e. The quantitative estimate of drug-likeness (QED) is 0.317. The summed E-state index contributed by atoms with van der Waals surface area (Å²) < 4.78 is 15.2. The number of Topliss-reactive ketones (excluding diaryl/α,β-unsaturated/α-hetero) is 1. The van der Waals surface area contributed by atoms with Gasteiger partial charge in [0, 0.05) is 43.3 Å². The third kappa shape index (κ3) is 3.57. The van der Waals surface area contributed by atoms with E-state index in [2.05, 4.69) is 25.3 Å². The molecule has 1 amide bonds. The minimum atomic E-state index is -0.529. The van der Waals surface area contributed by atoms with Crippen molar-refractivity contribution in [1.29, 1.82) is 0 Å². The Morgan fingerprint density at radius 2 is 1.80 bits per heavy atom. The van der Waals surface area contributed by atoms with Gasteiger partial charge in [0.05, 0.1) is 11.3 Å². The average molecular weight is 470 g/mol. The predicted octanol–water partition coefficient (Wildman–Crippen LogP) is 2.36. The van der Waals surface area contributed by atoms with Gasteiger partial charge in [0.2, 0.25) is 0 Å². The van der Waals surface area contributed by atoms with Crippen LogP contribution in [0, 0.1) is 5.82 Å². The lowest BCUT2D eigenvalue weighted by atomic mass is 10.1. The highest BCUT2D eigenvalue weighted by Gasteiger charge is 2.29. The van der Waals surface area contributed by atoms with Crippen molar-refractivity contribution in [3.63, 3.8) is 0 Å². The molecule has 35 heavy (non-hydrogen) atoms. The minimum absolute atomic E-state index is 0.358. The standard InChI is InChI=1S/C24H19FN8O2/c25-15-4-3-5-16(12-15)33-23-20(29-30-33)22(27-14-28-23)31-8-10-32(11-9-31)24(35)21(34)18-13-26-19-7-2-1-6-17(18)19/h1-7,12-14,26H,8-11H2. The first kappa shape index (κ1) is 20.9. The number of carbonyl (C=O) groups excluding carboxylic acids is 2. The van der Waals surface area contributed by atoms with Gasteiger partial charge < -0.3 is 14.8 Å². The van der Waals surface area contributed by atoms with Crippen LogP contribution in [-0.2, 0) is 4.79 Å². The van der Waals surface area contributed by atoms with Crippen LogP contribution in [0.4, 0.5) is 10.2 Å². The summed E-state index contributed by atoms with van der Waals surface area (Å²) in [6, 6.07) is 13.4. The highest BCUT2D eigenvalue weighted by atomic mass is 19.1. The van der Waals surface area contributed by atoms with Crippen molar-refractivity contribution in [3.8, 4) is 5.69 Å². The number of aromatic nitrogens is 6. The van der Waals surface area contributed by atoms with Crippen molar-refractivity contribution in [2.45, 2.75) is 0 Å². The molecule has 1 aliphatic rings. The van der Waals surface area contributed by atoms with Crippen LogP contribution >= 0.6 is 0 Å². The number of ketones is 1. The molecule has 1 fully saturated rings. The number of amides is 1. The molecule has 3 aromatic heterocycles. The van der Waals surface area contributed by atoms with Crippen molar-refractivity contribution >= 4 is 39.6 Å². The molecule has 0 saturated carbocycles. The van der Waals surface area contributed by atoms with Gasteiger partial charge in [-0.15, -0.1) is 5.10 Å². The first-order valence-corrected chi connectivity index (χ1v) is 11.1. The number of para-hydroxylation sites is 1. The number of rotatable bonds is 4. The largest absolute Gasteiger partial charge is 0.360 e. The fourth-order valence-electron chi connectivity index (χ4n) is 4.39. The fraction of sp³-hybridized carbons (Fsp3) is 0.167. The summed E-state index contributed by atoms with van der Waals surface area (Å²) in [5.41, 5.74) is 2.62. The lowest BCUT2D eigenvalue weighted by Crippen LogP contribution is -2.51. The van der Waals surface area contributed by atoms with Crippen molar-refractivity contribution in [2.24, 2.45) is 0 Å². The first-order valence-electron chi connectivity index (χ1n) is 11.1. The van der Waals surface area contributed by atoms with Gasteiger partial charge in [-0.05, 0) is 24.3 Å². The second kappa shape index (κ2) is 8.28. The molecule has 0 radical (unpaired) electrons. The molecule has 1 saturated heterocycles. The molecule has 1 N–H and O–H groups in total. The number of halogens is 1. The molecular weight excluding hydrogens is 451 g/mol. The highest BCUT2D eigenvalue weighted by Crippen LogP contribution is 2.24. The SMILES string of the molecule is O=C(C(=O)N1CCN(c2ncnc3c2nnn3-c2cccc(F)c2)CC1)c1c[nH]c2ccccc12. The van der Waals surface area contributed by atoms with Crippen molar-refractivity contribution in [2.75, 3.05) is 31.1 Å². The maximum absolute atomic E-state index is 13.7. The van der Waals surface area contributed by atoms with Gasteiger partial charge >= 0.3 is 0 Å². The van der Waals surface area contributed by atoms with Crippen LogP contribution in [0.2, 0.25) is 0 Å². The van der Waals surface area contributed by atoms with Crippen LogP contribution in [0.1, 0.15) is 10.4 Å². The van der Waals surface area contributed by atoms with E-state index < -0.39 is 11.7 Å². The van der Waals surface area contributed by atoms with E-state index in [-0.39, 0.29) is 5.82 Å². The zero-order chi connectivity index (χ0) is 23.9. The fourth-order valence-corrected chi connectivity index (χ4v) is 4.39. The molecule has 0 atom stereocenters. The van der Waals surface area contributed by atoms with Crippen LogP contribution in [0.15, 0.2) is 61.1 Å². The predicted molar refractivity (Wildman–Crippen MR) is 126 cm³/mol. The summed E-state index contributed by atoms with van der Waals surface area (Å²) in [5.74, 6) is -0.867. The molecule has 0 bridgehead atoms. The molecule has 5 aromatic rings. The Kier molecular flexibility index (Phi) is 4.94. The Hall–Kier alpha value is -4.67. The average Bonchev–Trinajstić information content (AvgIpc) is 3.52. The van der Waals surface area contributed by atoms with E-state index in [1.54, 1.807) is 23.2 Å². The van der Waals surface area contributed by atoms with Gasteiger partial charge in [0.1, 0.15) is 12.1 Å². The molecule has 174 valence electrons. The molecule has 11 heteroatoms. The molecule has 6 rings (SSSR count). The van der Waals surface area contributed by atoms with Crippen LogP contribution in [0.25, 0.3) is 27.8 Å². The number of hydrogen-bond acceptors (Lipinski definition) is 7. The minimum Gasteiger partial charge on any atom is -0.360 e. The van der Waals surface area contributed by atoms with E-state index in [4.69, 9.17) is 0 Å². The topological polar surface area (TPSA) is 113 Å². The van der Waals surface area contributed by atoms with Gasteiger partial charge in [-0.2, -0.15) is 4.68 Å². The van der Waals surface area contributed by atoms with E-state index >= 15 is 0 Å². The lowest BCUT2D eigenvalue weighted by Gasteiger charge is -2.34. The summed E-state index contributed by atoms with van der Waals surface area (Å²) in [6.45, 7) is 1.64. The van der Waals surface area contributed by atoms with Crippen molar-refractivity contribution < 1.29 is 14.0 Å². The first-order chi connectivity index (χ1) is 17.1. The molecule has 1 aliphatic heterocycles.